The maximum absolute atomic E-state index is 11.8. The largest absolute Gasteiger partial charge is 0.368 e. The monoisotopic (exact) mass is 247 g/mol. The van der Waals surface area contributed by atoms with Gasteiger partial charge in [-0.1, -0.05) is 37.3 Å². The van der Waals surface area contributed by atoms with Crippen molar-refractivity contribution in [1.29, 1.82) is 0 Å². The zero-order chi connectivity index (χ0) is 13.0. The van der Waals surface area contributed by atoms with Gasteiger partial charge >= 0.3 is 0 Å². The summed E-state index contributed by atoms with van der Waals surface area (Å²) in [5.41, 5.74) is 6.77. The molecule has 2 atom stereocenters. The van der Waals surface area contributed by atoms with Gasteiger partial charge in [0, 0.05) is 32.1 Å². The van der Waals surface area contributed by atoms with Crippen molar-refractivity contribution in [2.75, 3.05) is 26.2 Å². The summed E-state index contributed by atoms with van der Waals surface area (Å²) in [5.74, 6) is -0.102. The summed E-state index contributed by atoms with van der Waals surface area (Å²) in [5, 5.41) is 3.29. The highest BCUT2D eigenvalue weighted by atomic mass is 16.1. The number of benzene rings is 1. The summed E-state index contributed by atoms with van der Waals surface area (Å²) in [6.45, 7) is 5.68. The Morgan fingerprint density at radius 1 is 1.28 bits per heavy atom. The van der Waals surface area contributed by atoms with Crippen LogP contribution >= 0.6 is 0 Å². The Kier molecular flexibility index (Phi) is 4.33. The second-order valence-electron chi connectivity index (χ2n) is 4.83. The number of piperazine rings is 1. The zero-order valence-corrected chi connectivity index (χ0v) is 10.8. The van der Waals surface area contributed by atoms with Gasteiger partial charge in [-0.15, -0.1) is 0 Å². The van der Waals surface area contributed by atoms with Crippen LogP contribution in [0.5, 0.6) is 0 Å². The number of nitrogens with two attached hydrogens (primary N) is 1. The molecule has 0 aliphatic carbocycles. The van der Waals surface area contributed by atoms with Crippen LogP contribution in [0.2, 0.25) is 0 Å². The molecule has 4 nitrogen and oxygen atoms in total. The molecule has 0 spiro atoms. The number of carbonyl (C=O) groups is 1. The number of hydrogen-bond donors (Lipinski definition) is 2. The van der Waals surface area contributed by atoms with Crippen molar-refractivity contribution in [3.05, 3.63) is 35.9 Å². The zero-order valence-electron chi connectivity index (χ0n) is 10.8. The van der Waals surface area contributed by atoms with Crippen molar-refractivity contribution in [2.45, 2.75) is 18.9 Å². The minimum atomic E-state index is -0.228. The Balaban J connectivity index is 2.16. The number of carbonyl (C=O) groups excluding carboxylic acids is 1. The van der Waals surface area contributed by atoms with E-state index in [2.05, 4.69) is 29.3 Å². The third-order valence-corrected chi connectivity index (χ3v) is 3.64. The van der Waals surface area contributed by atoms with E-state index in [9.17, 15) is 4.79 Å². The van der Waals surface area contributed by atoms with Crippen LogP contribution < -0.4 is 11.1 Å². The molecule has 1 heterocycles. The van der Waals surface area contributed by atoms with Crippen molar-refractivity contribution in [2.24, 2.45) is 5.73 Å². The molecule has 1 aliphatic heterocycles. The van der Waals surface area contributed by atoms with Gasteiger partial charge in [0.2, 0.25) is 5.91 Å². The average Bonchev–Trinajstić information content (AvgIpc) is 2.40. The number of primary amides is 1. The molecule has 1 amide bonds. The molecular weight excluding hydrogens is 226 g/mol. The predicted octanol–water partition coefficient (Wildman–Crippen LogP) is 0.549. The maximum Gasteiger partial charge on any atom is 0.235 e. The Morgan fingerprint density at radius 2 is 1.89 bits per heavy atom. The molecule has 1 aromatic carbocycles. The highest BCUT2D eigenvalue weighted by Gasteiger charge is 2.30. The van der Waals surface area contributed by atoms with Gasteiger partial charge in [0.25, 0.3) is 0 Å². The first-order valence-electron chi connectivity index (χ1n) is 6.49. The Labute approximate surface area is 108 Å². The number of amides is 1. The van der Waals surface area contributed by atoms with Crippen molar-refractivity contribution in [3.63, 3.8) is 0 Å². The smallest absolute Gasteiger partial charge is 0.235 e. The molecule has 0 bridgehead atoms. The highest BCUT2D eigenvalue weighted by Crippen LogP contribution is 2.23. The minimum absolute atomic E-state index is 0.127. The van der Waals surface area contributed by atoms with E-state index < -0.39 is 0 Å². The molecular formula is C14H21N3O. The van der Waals surface area contributed by atoms with Crippen molar-refractivity contribution in [1.82, 2.24) is 10.2 Å². The quantitative estimate of drug-likeness (QED) is 0.817. The van der Waals surface area contributed by atoms with Gasteiger partial charge < -0.3 is 11.1 Å². The summed E-state index contributed by atoms with van der Waals surface area (Å²) in [4.78, 5) is 14.0. The lowest BCUT2D eigenvalue weighted by atomic mass is 9.91. The highest BCUT2D eigenvalue weighted by molar-refractivity contribution is 5.81. The molecule has 98 valence electrons. The second kappa shape index (κ2) is 5.98. The SMILES string of the molecule is CC(c1ccccc1)C(C(N)=O)N1CCNCC1. The maximum atomic E-state index is 11.8. The lowest BCUT2D eigenvalue weighted by Crippen LogP contribution is -2.54. The Bertz CT molecular complexity index is 387. The average molecular weight is 247 g/mol. The predicted molar refractivity (Wildman–Crippen MR) is 72.3 cm³/mol. The van der Waals surface area contributed by atoms with Crippen molar-refractivity contribution >= 4 is 5.91 Å². The van der Waals surface area contributed by atoms with E-state index in [1.807, 2.05) is 18.2 Å². The fourth-order valence-electron chi connectivity index (χ4n) is 2.64. The molecule has 0 radical (unpaired) electrons. The topological polar surface area (TPSA) is 58.4 Å². The van der Waals surface area contributed by atoms with Gasteiger partial charge in [-0.2, -0.15) is 0 Å². The Hall–Kier alpha value is -1.39. The van der Waals surface area contributed by atoms with Crippen LogP contribution in [0.15, 0.2) is 30.3 Å². The van der Waals surface area contributed by atoms with Crippen LogP contribution in [0.25, 0.3) is 0 Å². The number of rotatable bonds is 4. The third-order valence-electron chi connectivity index (χ3n) is 3.64. The van der Waals surface area contributed by atoms with Gasteiger partial charge in [-0.05, 0) is 5.56 Å². The summed E-state index contributed by atoms with van der Waals surface area (Å²) >= 11 is 0. The van der Waals surface area contributed by atoms with E-state index in [4.69, 9.17) is 5.73 Å². The van der Waals surface area contributed by atoms with Gasteiger partial charge in [0.05, 0.1) is 6.04 Å². The molecule has 2 rings (SSSR count). The molecule has 3 N–H and O–H groups in total. The van der Waals surface area contributed by atoms with Crippen LogP contribution in [0.4, 0.5) is 0 Å². The normalized spacial score (nSPS) is 20.3. The van der Waals surface area contributed by atoms with Crippen LogP contribution in [0, 0.1) is 0 Å². The minimum Gasteiger partial charge on any atom is -0.368 e. The molecule has 0 saturated carbocycles. The van der Waals surface area contributed by atoms with E-state index in [0.29, 0.717) is 0 Å². The molecule has 4 heteroatoms. The first-order chi connectivity index (χ1) is 8.70. The van der Waals surface area contributed by atoms with E-state index >= 15 is 0 Å². The summed E-state index contributed by atoms with van der Waals surface area (Å²) in [6, 6.07) is 9.89. The van der Waals surface area contributed by atoms with Gasteiger partial charge in [0.1, 0.15) is 0 Å². The summed E-state index contributed by atoms with van der Waals surface area (Å²) in [7, 11) is 0. The van der Waals surface area contributed by atoms with Crippen LogP contribution in [0.3, 0.4) is 0 Å². The lowest BCUT2D eigenvalue weighted by Gasteiger charge is -2.36. The first-order valence-corrected chi connectivity index (χ1v) is 6.49. The van der Waals surface area contributed by atoms with E-state index in [-0.39, 0.29) is 17.9 Å². The van der Waals surface area contributed by atoms with Gasteiger partial charge in [0.15, 0.2) is 0 Å². The number of nitrogens with zero attached hydrogens (tertiary/aromatic N) is 1. The molecule has 0 aromatic heterocycles. The molecule has 1 fully saturated rings. The van der Waals surface area contributed by atoms with Crippen molar-refractivity contribution < 1.29 is 4.79 Å². The van der Waals surface area contributed by atoms with E-state index in [0.717, 1.165) is 26.2 Å². The van der Waals surface area contributed by atoms with Gasteiger partial charge in [-0.3, -0.25) is 9.69 Å². The third kappa shape index (κ3) is 2.89. The fraction of sp³-hybridized carbons (Fsp3) is 0.500. The lowest BCUT2D eigenvalue weighted by molar-refractivity contribution is -0.124. The summed E-state index contributed by atoms with van der Waals surface area (Å²) in [6.07, 6.45) is 0. The molecule has 1 aliphatic rings. The van der Waals surface area contributed by atoms with Crippen LogP contribution in [-0.2, 0) is 4.79 Å². The van der Waals surface area contributed by atoms with Crippen LogP contribution in [-0.4, -0.2) is 43.0 Å². The first kappa shape index (κ1) is 13.1. The number of hydrogen-bond acceptors (Lipinski definition) is 3. The molecule has 2 unspecified atom stereocenters. The second-order valence-corrected chi connectivity index (χ2v) is 4.83. The molecule has 1 aromatic rings. The van der Waals surface area contributed by atoms with E-state index in [1.54, 1.807) is 0 Å². The van der Waals surface area contributed by atoms with E-state index in [1.165, 1.54) is 5.56 Å². The number of nitrogens with one attached hydrogen (secondary N) is 1. The standard InChI is InChI=1S/C14H21N3O/c1-11(12-5-3-2-4-6-12)13(14(15)18)17-9-7-16-8-10-17/h2-6,11,13,16H,7-10H2,1H3,(H2,15,18). The fourth-order valence-corrected chi connectivity index (χ4v) is 2.64. The van der Waals surface area contributed by atoms with Crippen LogP contribution in [0.1, 0.15) is 18.4 Å². The van der Waals surface area contributed by atoms with Crippen molar-refractivity contribution in [3.8, 4) is 0 Å². The molecule has 1 saturated heterocycles. The Morgan fingerprint density at radius 3 is 2.44 bits per heavy atom. The molecule has 18 heavy (non-hydrogen) atoms. The van der Waals surface area contributed by atoms with Gasteiger partial charge in [-0.25, -0.2) is 0 Å². The summed E-state index contributed by atoms with van der Waals surface area (Å²) < 4.78 is 0.